The Morgan fingerprint density at radius 1 is 0.750 bits per heavy atom. The first-order chi connectivity index (χ1) is 13.7. The number of unbranched alkanes of at least 4 members (excludes halogenated alkanes) is 14. The number of hydrogen-bond donors (Lipinski definition) is 2. The second-order valence-corrected chi connectivity index (χ2v) is 7.75. The quantitative estimate of drug-likeness (QED) is 0.215. The van der Waals surface area contributed by atoms with E-state index in [2.05, 4.69) is 12.2 Å². The maximum atomic E-state index is 11.8. The van der Waals surface area contributed by atoms with Gasteiger partial charge in [0.25, 0.3) is 0 Å². The molecule has 1 atom stereocenters. The Kier molecular flexibility index (Phi) is 19.8. The number of carbonyl (C=O) groups excluding carboxylic acids is 2. The molecule has 0 aromatic heterocycles. The summed E-state index contributed by atoms with van der Waals surface area (Å²) in [6.45, 7) is 3.77. The van der Waals surface area contributed by atoms with Crippen LogP contribution in [0.3, 0.4) is 0 Å². The predicted octanol–water partition coefficient (Wildman–Crippen LogP) is 5.29. The van der Waals surface area contributed by atoms with Gasteiger partial charge in [0.05, 0.1) is 13.2 Å². The molecule has 1 amide bonds. The highest BCUT2D eigenvalue weighted by Gasteiger charge is 2.20. The Labute approximate surface area is 173 Å². The minimum Gasteiger partial charge on any atom is -0.464 e. The molecule has 0 saturated carbocycles. The fraction of sp³-hybridized carbons (Fsp3) is 0.913. The molecular formula is C23H45NO4. The Bertz CT molecular complexity index is 374. The minimum absolute atomic E-state index is 0.193. The molecule has 0 aliphatic heterocycles. The molecule has 5 nitrogen and oxygen atoms in total. The first kappa shape index (κ1) is 26.9. The molecule has 0 unspecified atom stereocenters. The summed E-state index contributed by atoms with van der Waals surface area (Å²) >= 11 is 0. The largest absolute Gasteiger partial charge is 0.464 e. The van der Waals surface area contributed by atoms with Gasteiger partial charge in [-0.1, -0.05) is 96.8 Å². The summed E-state index contributed by atoms with van der Waals surface area (Å²) in [6, 6.07) is -0.941. The Balaban J connectivity index is 3.38. The van der Waals surface area contributed by atoms with Gasteiger partial charge in [0.1, 0.15) is 0 Å². The van der Waals surface area contributed by atoms with E-state index in [-0.39, 0.29) is 12.5 Å². The lowest BCUT2D eigenvalue weighted by atomic mass is 10.0. The van der Waals surface area contributed by atoms with E-state index in [0.717, 1.165) is 19.3 Å². The van der Waals surface area contributed by atoms with Crippen molar-refractivity contribution in [1.29, 1.82) is 0 Å². The average molecular weight is 400 g/mol. The lowest BCUT2D eigenvalue weighted by molar-refractivity contribution is -0.148. The second-order valence-electron chi connectivity index (χ2n) is 7.75. The molecule has 0 aromatic rings. The van der Waals surface area contributed by atoms with Gasteiger partial charge in [0.2, 0.25) is 5.91 Å². The summed E-state index contributed by atoms with van der Waals surface area (Å²) in [5.74, 6) is -0.767. The van der Waals surface area contributed by atoms with Crippen molar-refractivity contribution in [3.8, 4) is 0 Å². The molecule has 0 fully saturated rings. The van der Waals surface area contributed by atoms with E-state index >= 15 is 0 Å². The Hall–Kier alpha value is -1.10. The molecule has 0 aliphatic carbocycles. The minimum atomic E-state index is -0.941. The number of esters is 1. The van der Waals surface area contributed by atoms with Crippen LogP contribution >= 0.6 is 0 Å². The third kappa shape index (κ3) is 17.0. The molecule has 0 heterocycles. The zero-order valence-electron chi connectivity index (χ0n) is 18.5. The van der Waals surface area contributed by atoms with Crippen LogP contribution in [0.2, 0.25) is 0 Å². The van der Waals surface area contributed by atoms with E-state index in [4.69, 9.17) is 9.84 Å². The number of ether oxygens (including phenoxy) is 1. The molecule has 0 bridgehead atoms. The summed E-state index contributed by atoms with van der Waals surface area (Å²) in [4.78, 5) is 23.4. The van der Waals surface area contributed by atoms with Crippen molar-refractivity contribution >= 4 is 11.9 Å². The fourth-order valence-corrected chi connectivity index (χ4v) is 3.35. The van der Waals surface area contributed by atoms with Crippen molar-refractivity contribution in [2.45, 2.75) is 123 Å². The number of aliphatic hydroxyl groups excluding tert-OH is 1. The molecule has 0 saturated heterocycles. The van der Waals surface area contributed by atoms with Crippen LogP contribution < -0.4 is 5.32 Å². The highest BCUT2D eigenvalue weighted by atomic mass is 16.5. The van der Waals surface area contributed by atoms with Gasteiger partial charge < -0.3 is 15.2 Å². The van der Waals surface area contributed by atoms with E-state index in [1.54, 1.807) is 6.92 Å². The second kappa shape index (κ2) is 20.6. The van der Waals surface area contributed by atoms with Crippen molar-refractivity contribution in [1.82, 2.24) is 5.32 Å². The number of carbonyl (C=O) groups is 2. The molecule has 166 valence electrons. The maximum absolute atomic E-state index is 11.8. The van der Waals surface area contributed by atoms with Crippen molar-refractivity contribution < 1.29 is 19.4 Å². The van der Waals surface area contributed by atoms with Crippen LogP contribution in [0.25, 0.3) is 0 Å². The number of rotatable bonds is 20. The van der Waals surface area contributed by atoms with Crippen molar-refractivity contribution in [2.75, 3.05) is 13.2 Å². The highest BCUT2D eigenvalue weighted by Crippen LogP contribution is 2.13. The van der Waals surface area contributed by atoms with Gasteiger partial charge in [-0.25, -0.2) is 4.79 Å². The van der Waals surface area contributed by atoms with E-state index in [1.165, 1.54) is 77.0 Å². The molecule has 0 spiro atoms. The summed E-state index contributed by atoms with van der Waals surface area (Å²) in [5, 5.41) is 11.7. The molecule has 0 radical (unpaired) electrons. The lowest BCUT2D eigenvalue weighted by Gasteiger charge is -2.14. The van der Waals surface area contributed by atoms with Crippen molar-refractivity contribution in [3.05, 3.63) is 0 Å². The van der Waals surface area contributed by atoms with Crippen LogP contribution in [0.1, 0.15) is 117 Å². The van der Waals surface area contributed by atoms with Gasteiger partial charge in [-0.05, 0) is 13.3 Å². The van der Waals surface area contributed by atoms with Crippen molar-refractivity contribution in [3.63, 3.8) is 0 Å². The van der Waals surface area contributed by atoms with Crippen LogP contribution in [0.4, 0.5) is 0 Å². The first-order valence-corrected chi connectivity index (χ1v) is 11.7. The summed E-state index contributed by atoms with van der Waals surface area (Å²) in [5.41, 5.74) is 0. The van der Waals surface area contributed by atoms with Crippen LogP contribution in [-0.4, -0.2) is 36.2 Å². The summed E-state index contributed by atoms with van der Waals surface area (Å²) in [7, 11) is 0. The van der Waals surface area contributed by atoms with Gasteiger partial charge >= 0.3 is 5.97 Å². The monoisotopic (exact) mass is 399 g/mol. The van der Waals surface area contributed by atoms with Gasteiger partial charge in [0.15, 0.2) is 6.04 Å². The van der Waals surface area contributed by atoms with Gasteiger partial charge in [-0.3, -0.25) is 4.79 Å². The lowest BCUT2D eigenvalue weighted by Crippen LogP contribution is -2.44. The average Bonchev–Trinajstić information content (AvgIpc) is 2.69. The zero-order valence-corrected chi connectivity index (χ0v) is 18.5. The number of nitrogens with one attached hydrogen (secondary N) is 1. The molecule has 0 aromatic carbocycles. The highest BCUT2D eigenvalue weighted by molar-refractivity contribution is 5.84. The summed E-state index contributed by atoms with van der Waals surface area (Å²) in [6.07, 6.45) is 19.7. The number of hydrogen-bond acceptors (Lipinski definition) is 4. The fourth-order valence-electron chi connectivity index (χ4n) is 3.35. The molecular weight excluding hydrogens is 354 g/mol. The van der Waals surface area contributed by atoms with Crippen LogP contribution in [-0.2, 0) is 14.3 Å². The molecule has 2 N–H and O–H groups in total. The smallest absolute Gasteiger partial charge is 0.331 e. The van der Waals surface area contributed by atoms with E-state index < -0.39 is 18.6 Å². The van der Waals surface area contributed by atoms with Gasteiger partial charge in [-0.15, -0.1) is 0 Å². The topological polar surface area (TPSA) is 75.6 Å². The van der Waals surface area contributed by atoms with Gasteiger partial charge in [0, 0.05) is 6.42 Å². The zero-order chi connectivity index (χ0) is 20.9. The SMILES string of the molecule is CCCCCCCCCCCCCCCCCC(=O)N[C@@H](CO)C(=O)OCC. The summed E-state index contributed by atoms with van der Waals surface area (Å²) < 4.78 is 4.81. The normalized spacial score (nSPS) is 12.0. The maximum Gasteiger partial charge on any atom is 0.331 e. The molecule has 0 aliphatic rings. The van der Waals surface area contributed by atoms with E-state index in [0.29, 0.717) is 6.42 Å². The molecule has 0 rings (SSSR count). The van der Waals surface area contributed by atoms with E-state index in [9.17, 15) is 9.59 Å². The van der Waals surface area contributed by atoms with Crippen LogP contribution in [0.5, 0.6) is 0 Å². The predicted molar refractivity (Wildman–Crippen MR) is 115 cm³/mol. The molecule has 5 heteroatoms. The third-order valence-electron chi connectivity index (χ3n) is 5.10. The standard InChI is InChI=1S/C23H45NO4/c1-3-5-6-7-8-9-10-11-12-13-14-15-16-17-18-19-22(26)24-21(20-25)23(27)28-4-2/h21,25H,3-20H2,1-2H3,(H,24,26)/t21-/m0/s1. The van der Waals surface area contributed by atoms with E-state index in [1.807, 2.05) is 0 Å². The molecule has 28 heavy (non-hydrogen) atoms. The number of aliphatic hydroxyl groups is 1. The van der Waals surface area contributed by atoms with Gasteiger partial charge in [-0.2, -0.15) is 0 Å². The first-order valence-electron chi connectivity index (χ1n) is 11.7. The third-order valence-corrected chi connectivity index (χ3v) is 5.10. The van der Waals surface area contributed by atoms with Crippen LogP contribution in [0.15, 0.2) is 0 Å². The van der Waals surface area contributed by atoms with Crippen molar-refractivity contribution in [2.24, 2.45) is 0 Å². The Morgan fingerprint density at radius 3 is 1.57 bits per heavy atom. The Morgan fingerprint density at radius 2 is 1.18 bits per heavy atom. The van der Waals surface area contributed by atoms with Crippen LogP contribution in [0, 0.1) is 0 Å². The number of amides is 1.